The molecule has 0 saturated heterocycles. The zero-order valence-electron chi connectivity index (χ0n) is 10.6. The number of carboxylic acids is 1. The van der Waals surface area contributed by atoms with E-state index < -0.39 is 17.9 Å². The van der Waals surface area contributed by atoms with Crippen LogP contribution in [0.2, 0.25) is 0 Å². The van der Waals surface area contributed by atoms with E-state index >= 15 is 0 Å². The highest BCUT2D eigenvalue weighted by molar-refractivity contribution is 7.98. The van der Waals surface area contributed by atoms with Gasteiger partial charge in [0.1, 0.15) is 17.1 Å². The summed E-state index contributed by atoms with van der Waals surface area (Å²) in [6, 6.07) is 1.64. The Morgan fingerprint density at radius 2 is 2.22 bits per heavy atom. The fourth-order valence-corrected chi connectivity index (χ4v) is 2.29. The molecule has 0 fully saturated rings. The lowest BCUT2D eigenvalue weighted by molar-refractivity contribution is -0.140. The number of carboxylic acid groups (broad SMARTS) is 1. The molecular formula is C12H16O5S. The average molecular weight is 272 g/mol. The van der Waals surface area contributed by atoms with Gasteiger partial charge in [-0.1, -0.05) is 6.92 Å². The minimum absolute atomic E-state index is 0.397. The van der Waals surface area contributed by atoms with Crippen molar-refractivity contribution in [1.82, 2.24) is 0 Å². The van der Waals surface area contributed by atoms with Crippen LogP contribution in [0.3, 0.4) is 0 Å². The second-order valence-electron chi connectivity index (χ2n) is 3.93. The van der Waals surface area contributed by atoms with Gasteiger partial charge in [-0.2, -0.15) is 11.8 Å². The summed E-state index contributed by atoms with van der Waals surface area (Å²) in [4.78, 5) is 22.0. The number of esters is 1. The number of hydrogen-bond acceptors (Lipinski definition) is 5. The summed E-state index contributed by atoms with van der Waals surface area (Å²) in [6.07, 6.45) is 0. The van der Waals surface area contributed by atoms with Gasteiger partial charge in [-0.25, -0.2) is 4.79 Å². The predicted octanol–water partition coefficient (Wildman–Crippen LogP) is 2.33. The van der Waals surface area contributed by atoms with Crippen molar-refractivity contribution in [3.63, 3.8) is 0 Å². The van der Waals surface area contributed by atoms with E-state index in [-0.39, 0.29) is 0 Å². The van der Waals surface area contributed by atoms with Crippen LogP contribution in [0.1, 0.15) is 28.8 Å². The molecule has 0 spiro atoms. The molecule has 0 aliphatic carbocycles. The highest BCUT2D eigenvalue weighted by atomic mass is 32.2. The van der Waals surface area contributed by atoms with Gasteiger partial charge in [0.05, 0.1) is 18.8 Å². The van der Waals surface area contributed by atoms with Crippen LogP contribution in [0, 0.1) is 12.8 Å². The predicted molar refractivity (Wildman–Crippen MR) is 67.7 cm³/mol. The Morgan fingerprint density at radius 1 is 1.56 bits per heavy atom. The normalized spacial score (nSPS) is 12.2. The molecule has 100 valence electrons. The van der Waals surface area contributed by atoms with Crippen molar-refractivity contribution in [2.75, 3.05) is 12.9 Å². The molecule has 6 heteroatoms. The van der Waals surface area contributed by atoms with Crippen molar-refractivity contribution in [3.05, 3.63) is 23.2 Å². The first-order valence-corrected chi connectivity index (χ1v) is 6.59. The molecule has 0 aliphatic rings. The molecule has 1 aromatic rings. The van der Waals surface area contributed by atoms with Crippen LogP contribution < -0.4 is 0 Å². The summed E-state index contributed by atoms with van der Waals surface area (Å²) >= 11 is 1.46. The monoisotopic (exact) mass is 272 g/mol. The third kappa shape index (κ3) is 3.80. The van der Waals surface area contributed by atoms with Gasteiger partial charge < -0.3 is 14.3 Å². The van der Waals surface area contributed by atoms with Crippen molar-refractivity contribution < 1.29 is 23.8 Å². The molecule has 0 amide bonds. The first-order chi connectivity index (χ1) is 8.45. The molecule has 1 atom stereocenters. The lowest BCUT2D eigenvalue weighted by Gasteiger charge is -2.03. The van der Waals surface area contributed by atoms with E-state index in [0.717, 1.165) is 0 Å². The number of aliphatic carboxylic acids is 1. The maximum absolute atomic E-state index is 11.4. The van der Waals surface area contributed by atoms with Crippen LogP contribution >= 0.6 is 11.8 Å². The number of hydrogen-bond donors (Lipinski definition) is 1. The third-order valence-corrected chi connectivity index (χ3v) is 3.63. The number of furan rings is 1. The summed E-state index contributed by atoms with van der Waals surface area (Å²) in [5, 5.41) is 8.73. The van der Waals surface area contributed by atoms with Crippen LogP contribution in [-0.2, 0) is 15.3 Å². The fraction of sp³-hybridized carbons (Fsp3) is 0.500. The molecule has 18 heavy (non-hydrogen) atoms. The van der Waals surface area contributed by atoms with Crippen molar-refractivity contribution in [2.45, 2.75) is 19.6 Å². The minimum atomic E-state index is -0.812. The first-order valence-electron chi connectivity index (χ1n) is 5.44. The quantitative estimate of drug-likeness (QED) is 0.801. The van der Waals surface area contributed by atoms with Crippen LogP contribution in [0.25, 0.3) is 0 Å². The van der Waals surface area contributed by atoms with Crippen molar-refractivity contribution in [2.24, 2.45) is 5.92 Å². The second-order valence-corrected chi connectivity index (χ2v) is 4.96. The first kappa shape index (κ1) is 14.6. The van der Waals surface area contributed by atoms with Gasteiger partial charge in [-0.15, -0.1) is 0 Å². The van der Waals surface area contributed by atoms with Crippen molar-refractivity contribution in [1.29, 1.82) is 0 Å². The number of ether oxygens (including phenoxy) is 1. The highest BCUT2D eigenvalue weighted by Crippen LogP contribution is 2.21. The number of methoxy groups -OCH3 is 1. The molecule has 1 rings (SSSR count). The van der Waals surface area contributed by atoms with Crippen LogP contribution in [-0.4, -0.2) is 29.9 Å². The molecule has 1 heterocycles. The molecule has 0 aromatic carbocycles. The van der Waals surface area contributed by atoms with E-state index in [2.05, 4.69) is 4.74 Å². The second kappa shape index (κ2) is 6.49. The molecule has 0 bridgehead atoms. The van der Waals surface area contributed by atoms with Gasteiger partial charge in [0.2, 0.25) is 0 Å². The lowest BCUT2D eigenvalue weighted by Crippen LogP contribution is -2.11. The molecule has 1 N–H and O–H groups in total. The molecule has 0 radical (unpaired) electrons. The molecule has 0 saturated carbocycles. The van der Waals surface area contributed by atoms with Crippen molar-refractivity contribution >= 4 is 23.7 Å². The standard InChI is InChI=1S/C12H16O5S/c1-7(11(13)14)5-18-6-9-4-10(8(2)17-9)12(15)16-3/h4,7H,5-6H2,1-3H3,(H,13,14). The summed E-state index contributed by atoms with van der Waals surface area (Å²) in [7, 11) is 1.32. The molecular weight excluding hydrogens is 256 g/mol. The number of aryl methyl sites for hydroxylation is 1. The Kier molecular flexibility index (Phi) is 5.27. The topological polar surface area (TPSA) is 76.7 Å². The summed E-state index contributed by atoms with van der Waals surface area (Å²) in [5.74, 6) is 0.572. The van der Waals surface area contributed by atoms with Gasteiger partial charge in [0.15, 0.2) is 0 Å². The molecule has 1 aromatic heterocycles. The van der Waals surface area contributed by atoms with Gasteiger partial charge in [0, 0.05) is 5.75 Å². The Morgan fingerprint density at radius 3 is 2.78 bits per heavy atom. The smallest absolute Gasteiger partial charge is 0.341 e. The van der Waals surface area contributed by atoms with E-state index in [1.54, 1.807) is 19.9 Å². The maximum atomic E-state index is 11.4. The lowest BCUT2D eigenvalue weighted by atomic mass is 10.2. The molecule has 0 aliphatic heterocycles. The van der Waals surface area contributed by atoms with Gasteiger partial charge in [-0.3, -0.25) is 4.79 Å². The fourth-order valence-electron chi connectivity index (χ4n) is 1.34. The van der Waals surface area contributed by atoms with E-state index in [4.69, 9.17) is 9.52 Å². The highest BCUT2D eigenvalue weighted by Gasteiger charge is 2.16. The Balaban J connectivity index is 2.54. The SMILES string of the molecule is COC(=O)c1cc(CSCC(C)C(=O)O)oc1C. The van der Waals surface area contributed by atoms with Crippen LogP contribution in [0.4, 0.5) is 0 Å². The van der Waals surface area contributed by atoms with Crippen LogP contribution in [0.5, 0.6) is 0 Å². The largest absolute Gasteiger partial charge is 0.481 e. The number of carbonyl (C=O) groups is 2. The van der Waals surface area contributed by atoms with Crippen molar-refractivity contribution in [3.8, 4) is 0 Å². The summed E-state index contributed by atoms with van der Waals surface area (Å²) in [5.41, 5.74) is 0.416. The van der Waals surface area contributed by atoms with E-state index in [1.807, 2.05) is 0 Å². The Hall–Kier alpha value is -1.43. The third-order valence-electron chi connectivity index (χ3n) is 2.41. The molecule has 1 unspecified atom stereocenters. The zero-order valence-corrected chi connectivity index (χ0v) is 11.4. The number of thioether (sulfide) groups is 1. The average Bonchev–Trinajstić information content (AvgIpc) is 2.69. The van der Waals surface area contributed by atoms with E-state index in [9.17, 15) is 9.59 Å². The number of carbonyl (C=O) groups excluding carboxylic acids is 1. The Bertz CT molecular complexity index is 438. The van der Waals surface area contributed by atoms with E-state index in [1.165, 1.54) is 18.9 Å². The van der Waals surface area contributed by atoms with Gasteiger partial charge in [0.25, 0.3) is 0 Å². The minimum Gasteiger partial charge on any atom is -0.481 e. The molecule has 5 nitrogen and oxygen atoms in total. The van der Waals surface area contributed by atoms with Gasteiger partial charge in [-0.05, 0) is 13.0 Å². The summed E-state index contributed by atoms with van der Waals surface area (Å²) < 4.78 is 10.0. The zero-order chi connectivity index (χ0) is 13.7. The Labute approximate surface area is 109 Å². The van der Waals surface area contributed by atoms with E-state index in [0.29, 0.717) is 28.6 Å². The number of rotatable bonds is 6. The summed E-state index contributed by atoms with van der Waals surface area (Å²) in [6.45, 7) is 3.35. The van der Waals surface area contributed by atoms with Gasteiger partial charge >= 0.3 is 11.9 Å². The van der Waals surface area contributed by atoms with Crippen LogP contribution in [0.15, 0.2) is 10.5 Å². The maximum Gasteiger partial charge on any atom is 0.341 e.